The SMILES string of the molecule is O=C(CCOC1CCNCC1)Nc1ccc(F)nc1. The number of nitrogens with one attached hydrogen (secondary N) is 2. The predicted molar refractivity (Wildman–Crippen MR) is 69.3 cm³/mol. The highest BCUT2D eigenvalue weighted by Crippen LogP contribution is 2.09. The zero-order chi connectivity index (χ0) is 13.5. The smallest absolute Gasteiger partial charge is 0.226 e. The van der Waals surface area contributed by atoms with E-state index in [1.165, 1.54) is 18.3 Å². The third-order valence-corrected chi connectivity index (χ3v) is 2.98. The van der Waals surface area contributed by atoms with E-state index in [4.69, 9.17) is 4.74 Å². The summed E-state index contributed by atoms with van der Waals surface area (Å²) in [7, 11) is 0. The average molecular weight is 267 g/mol. The molecule has 2 rings (SSSR count). The fourth-order valence-electron chi connectivity index (χ4n) is 1.95. The van der Waals surface area contributed by atoms with E-state index in [9.17, 15) is 9.18 Å². The first-order valence-electron chi connectivity index (χ1n) is 6.48. The number of rotatable bonds is 5. The van der Waals surface area contributed by atoms with Gasteiger partial charge in [-0.3, -0.25) is 4.79 Å². The maximum atomic E-state index is 12.6. The monoisotopic (exact) mass is 267 g/mol. The van der Waals surface area contributed by atoms with Crippen LogP contribution in [0.15, 0.2) is 18.3 Å². The Morgan fingerprint density at radius 2 is 2.26 bits per heavy atom. The van der Waals surface area contributed by atoms with Crippen LogP contribution in [0.1, 0.15) is 19.3 Å². The molecule has 1 saturated heterocycles. The standard InChI is InChI=1S/C13H18FN3O2/c14-12-2-1-10(9-16-12)17-13(18)5-8-19-11-3-6-15-7-4-11/h1-2,9,11,15H,3-8H2,(H,17,18). The van der Waals surface area contributed by atoms with Gasteiger partial charge in [0.2, 0.25) is 11.9 Å². The third-order valence-electron chi connectivity index (χ3n) is 2.98. The molecule has 19 heavy (non-hydrogen) atoms. The second-order valence-electron chi connectivity index (χ2n) is 4.49. The van der Waals surface area contributed by atoms with Crippen LogP contribution in [0.3, 0.4) is 0 Å². The van der Waals surface area contributed by atoms with Crippen molar-refractivity contribution in [2.75, 3.05) is 25.0 Å². The molecule has 2 heterocycles. The number of hydrogen-bond acceptors (Lipinski definition) is 4. The second-order valence-corrected chi connectivity index (χ2v) is 4.49. The number of nitrogens with zero attached hydrogens (tertiary/aromatic N) is 1. The molecule has 1 aromatic rings. The Labute approximate surface area is 111 Å². The lowest BCUT2D eigenvalue weighted by atomic mass is 10.1. The van der Waals surface area contributed by atoms with Gasteiger partial charge in [0.15, 0.2) is 0 Å². The van der Waals surface area contributed by atoms with Gasteiger partial charge in [-0.2, -0.15) is 4.39 Å². The van der Waals surface area contributed by atoms with Crippen LogP contribution in [0, 0.1) is 5.95 Å². The van der Waals surface area contributed by atoms with Crippen LogP contribution in [0.25, 0.3) is 0 Å². The maximum absolute atomic E-state index is 12.6. The van der Waals surface area contributed by atoms with Crippen molar-refractivity contribution in [1.29, 1.82) is 0 Å². The van der Waals surface area contributed by atoms with Gasteiger partial charge in [0.1, 0.15) is 0 Å². The Balaban J connectivity index is 1.65. The molecule has 0 unspecified atom stereocenters. The van der Waals surface area contributed by atoms with Crippen molar-refractivity contribution in [2.45, 2.75) is 25.4 Å². The minimum absolute atomic E-state index is 0.151. The summed E-state index contributed by atoms with van der Waals surface area (Å²) in [6, 6.07) is 2.69. The summed E-state index contributed by atoms with van der Waals surface area (Å²) >= 11 is 0. The number of carbonyl (C=O) groups is 1. The lowest BCUT2D eigenvalue weighted by Crippen LogP contribution is -2.33. The van der Waals surface area contributed by atoms with Crippen LogP contribution in [-0.4, -0.2) is 36.7 Å². The Kier molecular flexibility index (Phi) is 5.23. The molecule has 2 N–H and O–H groups in total. The highest BCUT2D eigenvalue weighted by molar-refractivity contribution is 5.90. The van der Waals surface area contributed by atoms with Gasteiger partial charge in [0, 0.05) is 0 Å². The normalized spacial score (nSPS) is 16.3. The van der Waals surface area contributed by atoms with Crippen molar-refractivity contribution in [1.82, 2.24) is 10.3 Å². The minimum Gasteiger partial charge on any atom is -0.378 e. The van der Waals surface area contributed by atoms with Gasteiger partial charge in [0.05, 0.1) is 31.0 Å². The van der Waals surface area contributed by atoms with E-state index >= 15 is 0 Å². The van der Waals surface area contributed by atoms with Crippen molar-refractivity contribution in [3.63, 3.8) is 0 Å². The van der Waals surface area contributed by atoms with Gasteiger partial charge in [0.25, 0.3) is 0 Å². The molecular weight excluding hydrogens is 249 g/mol. The van der Waals surface area contributed by atoms with E-state index in [2.05, 4.69) is 15.6 Å². The summed E-state index contributed by atoms with van der Waals surface area (Å²) < 4.78 is 18.2. The molecular formula is C13H18FN3O2. The van der Waals surface area contributed by atoms with Gasteiger partial charge in [-0.25, -0.2) is 4.98 Å². The van der Waals surface area contributed by atoms with Crippen molar-refractivity contribution in [2.24, 2.45) is 0 Å². The first-order valence-corrected chi connectivity index (χ1v) is 6.48. The summed E-state index contributed by atoms with van der Waals surface area (Å²) in [6.07, 6.45) is 3.82. The maximum Gasteiger partial charge on any atom is 0.226 e. The number of pyridine rings is 1. The molecule has 1 amide bonds. The molecule has 0 atom stereocenters. The summed E-state index contributed by atoms with van der Waals surface area (Å²) in [4.78, 5) is 15.1. The van der Waals surface area contributed by atoms with E-state index in [-0.39, 0.29) is 12.0 Å². The Morgan fingerprint density at radius 3 is 2.95 bits per heavy atom. The van der Waals surface area contributed by atoms with Crippen molar-refractivity contribution in [3.05, 3.63) is 24.3 Å². The van der Waals surface area contributed by atoms with Crippen LogP contribution in [0.2, 0.25) is 0 Å². The number of aromatic nitrogens is 1. The zero-order valence-electron chi connectivity index (χ0n) is 10.7. The van der Waals surface area contributed by atoms with Crippen LogP contribution in [-0.2, 0) is 9.53 Å². The van der Waals surface area contributed by atoms with Crippen molar-refractivity contribution < 1.29 is 13.9 Å². The Bertz CT molecular complexity index is 405. The fraction of sp³-hybridized carbons (Fsp3) is 0.538. The van der Waals surface area contributed by atoms with Crippen LogP contribution in [0.4, 0.5) is 10.1 Å². The Morgan fingerprint density at radius 1 is 1.47 bits per heavy atom. The topological polar surface area (TPSA) is 63.2 Å². The van der Waals surface area contributed by atoms with Gasteiger partial charge < -0.3 is 15.4 Å². The molecule has 0 aromatic carbocycles. The van der Waals surface area contributed by atoms with Crippen LogP contribution >= 0.6 is 0 Å². The molecule has 1 aliphatic heterocycles. The van der Waals surface area contributed by atoms with Crippen LogP contribution in [0.5, 0.6) is 0 Å². The summed E-state index contributed by atoms with van der Waals surface area (Å²) in [5.74, 6) is -0.713. The summed E-state index contributed by atoms with van der Waals surface area (Å²) in [6.45, 7) is 2.35. The Hall–Kier alpha value is -1.53. The first kappa shape index (κ1) is 13.9. The lowest BCUT2D eigenvalue weighted by Gasteiger charge is -2.22. The van der Waals surface area contributed by atoms with E-state index < -0.39 is 5.95 Å². The van der Waals surface area contributed by atoms with E-state index in [1.807, 2.05) is 0 Å². The van der Waals surface area contributed by atoms with Gasteiger partial charge in [-0.15, -0.1) is 0 Å². The first-order chi connectivity index (χ1) is 9.24. The van der Waals surface area contributed by atoms with E-state index in [1.54, 1.807) is 0 Å². The number of carbonyl (C=O) groups excluding carboxylic acids is 1. The number of ether oxygens (including phenoxy) is 1. The molecule has 104 valence electrons. The number of anilines is 1. The van der Waals surface area contributed by atoms with Crippen molar-refractivity contribution >= 4 is 11.6 Å². The number of piperidine rings is 1. The van der Waals surface area contributed by atoms with E-state index in [0.717, 1.165) is 25.9 Å². The predicted octanol–water partition coefficient (Wildman–Crippen LogP) is 1.32. The molecule has 1 aliphatic rings. The average Bonchev–Trinajstić information content (AvgIpc) is 2.43. The van der Waals surface area contributed by atoms with Gasteiger partial charge in [-0.1, -0.05) is 0 Å². The molecule has 0 aliphatic carbocycles. The molecule has 0 radical (unpaired) electrons. The van der Waals surface area contributed by atoms with Crippen LogP contribution < -0.4 is 10.6 Å². The second kappa shape index (κ2) is 7.16. The highest BCUT2D eigenvalue weighted by Gasteiger charge is 2.13. The molecule has 6 heteroatoms. The largest absolute Gasteiger partial charge is 0.378 e. The lowest BCUT2D eigenvalue weighted by molar-refractivity contribution is -0.117. The molecule has 5 nitrogen and oxygen atoms in total. The molecule has 1 aromatic heterocycles. The van der Waals surface area contributed by atoms with Gasteiger partial charge in [-0.05, 0) is 38.1 Å². The highest BCUT2D eigenvalue weighted by atomic mass is 19.1. The molecule has 0 bridgehead atoms. The molecule has 0 spiro atoms. The fourth-order valence-corrected chi connectivity index (χ4v) is 1.95. The number of amides is 1. The number of hydrogen-bond donors (Lipinski definition) is 2. The third kappa shape index (κ3) is 4.92. The van der Waals surface area contributed by atoms with Gasteiger partial charge >= 0.3 is 0 Å². The summed E-state index contributed by atoms with van der Waals surface area (Å²) in [5.41, 5.74) is 0.494. The summed E-state index contributed by atoms with van der Waals surface area (Å²) in [5, 5.41) is 5.90. The molecule has 0 saturated carbocycles. The molecule has 1 fully saturated rings. The number of halogens is 1. The minimum atomic E-state index is -0.563. The van der Waals surface area contributed by atoms with Crippen molar-refractivity contribution in [3.8, 4) is 0 Å². The van der Waals surface area contributed by atoms with E-state index in [0.29, 0.717) is 18.7 Å². The quantitative estimate of drug-likeness (QED) is 0.790. The zero-order valence-corrected chi connectivity index (χ0v) is 10.7.